The fourth-order valence-corrected chi connectivity index (χ4v) is 3.19. The molecule has 0 unspecified atom stereocenters. The second-order valence-corrected chi connectivity index (χ2v) is 6.56. The molecule has 14 heteroatoms. The van der Waals surface area contributed by atoms with Crippen LogP contribution in [0.4, 0.5) is 0 Å². The minimum atomic E-state index is -1.94. The molecule has 2 fully saturated rings. The number of carboxylic acids is 2. The molecule has 0 radical (unpaired) electrons. The van der Waals surface area contributed by atoms with Crippen molar-refractivity contribution in [1.29, 1.82) is 0 Å². The fraction of sp³-hybridized carbons (Fsp3) is 0.846. The molecular formula is C13H19IO13. The minimum absolute atomic E-state index is 0.643. The average molecular weight is 510 g/mol. The van der Waals surface area contributed by atoms with Crippen molar-refractivity contribution >= 4 is 34.9 Å². The van der Waals surface area contributed by atoms with Crippen molar-refractivity contribution in [3.63, 3.8) is 0 Å². The van der Waals surface area contributed by atoms with Gasteiger partial charge in [-0.2, -0.15) is 0 Å². The largest absolute Gasteiger partial charge is 0.481 e. The predicted molar refractivity (Wildman–Crippen MR) is 87.2 cm³/mol. The molecule has 0 aromatic heterocycles. The van der Waals surface area contributed by atoms with Gasteiger partial charge in [-0.3, -0.25) is 7.86 Å². The number of carboxylic acid groups (broad SMARTS) is 2. The van der Waals surface area contributed by atoms with Crippen LogP contribution in [0.2, 0.25) is 0 Å². The lowest BCUT2D eigenvalue weighted by Crippen LogP contribution is -2.64. The number of carbonyl (C=O) groups is 2. The zero-order chi connectivity index (χ0) is 20.5. The standard InChI is InChI=1S/C13H19IO13/c14-27-13-10(6(19)4(17)2(24-13)1-3(15)16)26-12-8(21)5(18)7(20)9(25-12)11(22)23/h2,4-10,12-13,17-21H,1H2,(H,15,16)(H,22,23)/t2-,4-,5+,6+,7+,8-,9+,10-,12+,13+/m1/s1. The first kappa shape index (κ1) is 22.6. The Hall–Kier alpha value is -0.690. The van der Waals surface area contributed by atoms with Gasteiger partial charge in [-0.1, -0.05) is 0 Å². The van der Waals surface area contributed by atoms with E-state index in [4.69, 9.17) is 27.5 Å². The van der Waals surface area contributed by atoms with Crippen molar-refractivity contribution in [1.82, 2.24) is 0 Å². The molecule has 13 nitrogen and oxygen atoms in total. The van der Waals surface area contributed by atoms with Gasteiger partial charge in [0, 0.05) is 0 Å². The Bertz CT molecular complexity index is 544. The molecule has 0 aromatic rings. The average Bonchev–Trinajstić information content (AvgIpc) is 2.60. The summed E-state index contributed by atoms with van der Waals surface area (Å²) in [6.07, 6.45) is -17.9. The van der Waals surface area contributed by atoms with Crippen LogP contribution >= 0.6 is 23.0 Å². The quantitative estimate of drug-likeness (QED) is 0.174. The Morgan fingerprint density at radius 3 is 2.00 bits per heavy atom. The second kappa shape index (κ2) is 9.21. The first-order chi connectivity index (χ1) is 12.6. The van der Waals surface area contributed by atoms with E-state index in [-0.39, 0.29) is 0 Å². The maximum Gasteiger partial charge on any atom is 0.335 e. The number of aliphatic hydroxyl groups excluding tert-OH is 5. The molecule has 0 aliphatic carbocycles. The highest BCUT2D eigenvalue weighted by Gasteiger charge is 2.52. The molecule has 0 saturated carbocycles. The normalized spacial score (nSPS) is 45.4. The third-order valence-corrected chi connectivity index (χ3v) is 4.71. The van der Waals surface area contributed by atoms with Crippen LogP contribution < -0.4 is 0 Å². The zero-order valence-corrected chi connectivity index (χ0v) is 15.6. The molecule has 0 bridgehead atoms. The van der Waals surface area contributed by atoms with Gasteiger partial charge >= 0.3 is 11.9 Å². The molecule has 0 amide bonds. The topological polar surface area (TPSA) is 213 Å². The van der Waals surface area contributed by atoms with Crippen LogP contribution in [0.25, 0.3) is 0 Å². The van der Waals surface area contributed by atoms with Gasteiger partial charge < -0.3 is 50.0 Å². The Morgan fingerprint density at radius 1 is 0.852 bits per heavy atom. The van der Waals surface area contributed by atoms with E-state index in [1.54, 1.807) is 0 Å². The van der Waals surface area contributed by atoms with Gasteiger partial charge in [-0.05, 0) is 0 Å². The van der Waals surface area contributed by atoms with E-state index in [0.29, 0.717) is 0 Å². The van der Waals surface area contributed by atoms with Crippen LogP contribution in [-0.2, 0) is 26.9 Å². The van der Waals surface area contributed by atoms with Gasteiger partial charge in [0.25, 0.3) is 0 Å². The summed E-state index contributed by atoms with van der Waals surface area (Å²) < 4.78 is 20.4. The minimum Gasteiger partial charge on any atom is -0.481 e. The molecule has 2 saturated heterocycles. The van der Waals surface area contributed by atoms with E-state index in [0.717, 1.165) is 0 Å². The summed E-state index contributed by atoms with van der Waals surface area (Å²) in [7, 11) is 0. The first-order valence-corrected chi connectivity index (χ1v) is 8.55. The summed E-state index contributed by atoms with van der Waals surface area (Å²) in [5.74, 6) is -2.93. The lowest BCUT2D eigenvalue weighted by Gasteiger charge is -2.45. The first-order valence-electron chi connectivity index (χ1n) is 7.67. The number of aliphatic carboxylic acids is 2. The van der Waals surface area contributed by atoms with Gasteiger partial charge in [0.2, 0.25) is 0 Å². The lowest BCUT2D eigenvalue weighted by molar-refractivity contribution is -0.349. The molecule has 156 valence electrons. The Balaban J connectivity index is 2.16. The highest BCUT2D eigenvalue weighted by molar-refractivity contribution is 14.1. The molecule has 2 heterocycles. The number of hydrogen-bond donors (Lipinski definition) is 7. The Morgan fingerprint density at radius 2 is 1.48 bits per heavy atom. The van der Waals surface area contributed by atoms with E-state index in [9.17, 15) is 35.1 Å². The third-order valence-electron chi connectivity index (χ3n) is 4.21. The van der Waals surface area contributed by atoms with Crippen LogP contribution in [-0.4, -0.2) is 109 Å². The van der Waals surface area contributed by atoms with Crippen LogP contribution in [0.1, 0.15) is 6.42 Å². The van der Waals surface area contributed by atoms with E-state index < -0.39 is 79.8 Å². The van der Waals surface area contributed by atoms with E-state index in [2.05, 4.69) is 0 Å². The van der Waals surface area contributed by atoms with Crippen LogP contribution in [0.5, 0.6) is 0 Å². The van der Waals surface area contributed by atoms with Crippen LogP contribution in [0.15, 0.2) is 0 Å². The van der Waals surface area contributed by atoms with Crippen molar-refractivity contribution in [2.45, 2.75) is 67.8 Å². The fourth-order valence-electron chi connectivity index (χ4n) is 2.78. The summed E-state index contributed by atoms with van der Waals surface area (Å²) in [5, 5.41) is 67.5. The van der Waals surface area contributed by atoms with Crippen molar-refractivity contribution in [3.8, 4) is 0 Å². The molecule has 7 N–H and O–H groups in total. The van der Waals surface area contributed by atoms with E-state index in [1.165, 1.54) is 23.0 Å². The number of halogens is 1. The van der Waals surface area contributed by atoms with Crippen molar-refractivity contribution in [2.75, 3.05) is 0 Å². The molecule has 2 rings (SSSR count). The number of ether oxygens (including phenoxy) is 3. The molecule has 2 aliphatic heterocycles. The predicted octanol–water partition coefficient (Wildman–Crippen LogP) is -3.45. The Labute approximate surface area is 165 Å². The number of rotatable bonds is 6. The number of aliphatic hydroxyl groups is 5. The summed E-state index contributed by atoms with van der Waals surface area (Å²) in [5.41, 5.74) is 0. The summed E-state index contributed by atoms with van der Waals surface area (Å²) in [6, 6.07) is 0. The molecule has 10 atom stereocenters. The second-order valence-electron chi connectivity index (χ2n) is 6.05. The molecule has 27 heavy (non-hydrogen) atoms. The van der Waals surface area contributed by atoms with Crippen molar-refractivity contribution in [3.05, 3.63) is 0 Å². The summed E-state index contributed by atoms with van der Waals surface area (Å²) in [6.45, 7) is 0. The van der Waals surface area contributed by atoms with Gasteiger partial charge in [0.05, 0.1) is 12.5 Å². The highest BCUT2D eigenvalue weighted by Crippen LogP contribution is 2.31. The van der Waals surface area contributed by atoms with E-state index >= 15 is 0 Å². The van der Waals surface area contributed by atoms with Gasteiger partial charge in [-0.15, -0.1) is 0 Å². The maximum atomic E-state index is 11.1. The Kier molecular flexibility index (Phi) is 7.70. The smallest absolute Gasteiger partial charge is 0.335 e. The summed E-state index contributed by atoms with van der Waals surface area (Å²) >= 11 is 1.37. The third kappa shape index (κ3) is 4.84. The zero-order valence-electron chi connectivity index (χ0n) is 13.4. The van der Waals surface area contributed by atoms with Crippen molar-refractivity contribution < 1.29 is 62.6 Å². The molecular weight excluding hydrogens is 491 g/mol. The maximum absolute atomic E-state index is 11.1. The van der Waals surface area contributed by atoms with Crippen LogP contribution in [0.3, 0.4) is 0 Å². The lowest BCUT2D eigenvalue weighted by atomic mass is 9.96. The van der Waals surface area contributed by atoms with Gasteiger partial charge in [0.1, 0.15) is 59.6 Å². The molecule has 0 aromatic carbocycles. The molecule has 2 aliphatic rings. The number of hydrogen-bond acceptors (Lipinski definition) is 11. The van der Waals surface area contributed by atoms with Crippen molar-refractivity contribution in [2.24, 2.45) is 0 Å². The SMILES string of the molecule is O=C(O)C[C@H]1O[C@@H](OI)[C@H](O[C@@H]2O[C@H](C(=O)O)[C@@H](O)[C@H](O)[C@H]2O)[C@@H](O)[C@@H]1O. The van der Waals surface area contributed by atoms with Gasteiger partial charge in [-0.25, -0.2) is 4.79 Å². The van der Waals surface area contributed by atoms with Gasteiger partial charge in [0.15, 0.2) is 18.7 Å². The molecule has 0 spiro atoms. The van der Waals surface area contributed by atoms with E-state index in [1.807, 2.05) is 0 Å². The summed E-state index contributed by atoms with van der Waals surface area (Å²) in [4.78, 5) is 21.9. The monoisotopic (exact) mass is 510 g/mol. The highest BCUT2D eigenvalue weighted by atomic mass is 127. The van der Waals surface area contributed by atoms with Crippen LogP contribution in [0, 0.1) is 0 Å².